The van der Waals surface area contributed by atoms with Gasteiger partial charge in [0.2, 0.25) is 0 Å². The molecular formula is C33H41NO5Si. The molecule has 4 rings (SSSR count). The Hall–Kier alpha value is -3.42. The maximum absolute atomic E-state index is 13.9. The lowest BCUT2D eigenvalue weighted by Gasteiger charge is -2.44. The summed E-state index contributed by atoms with van der Waals surface area (Å²) >= 11 is 0. The van der Waals surface area contributed by atoms with Crippen LogP contribution in [0.3, 0.4) is 0 Å². The highest BCUT2D eigenvalue weighted by atomic mass is 28.4. The highest BCUT2D eigenvalue weighted by molar-refractivity contribution is 6.74. The summed E-state index contributed by atoms with van der Waals surface area (Å²) in [6, 6.07) is 27.5. The van der Waals surface area contributed by atoms with E-state index >= 15 is 0 Å². The second kappa shape index (κ2) is 12.8. The molecule has 1 fully saturated rings. The third kappa shape index (κ3) is 7.01. The zero-order chi connectivity index (χ0) is 28.8. The van der Waals surface area contributed by atoms with Crippen LogP contribution in [0.4, 0.5) is 4.79 Å². The molecular weight excluding hydrogens is 519 g/mol. The zero-order valence-corrected chi connectivity index (χ0v) is 25.2. The normalized spacial score (nSPS) is 19.7. The fourth-order valence-corrected chi connectivity index (χ4v) is 5.80. The Morgan fingerprint density at radius 1 is 0.875 bits per heavy atom. The van der Waals surface area contributed by atoms with Crippen molar-refractivity contribution in [3.8, 4) is 0 Å². The lowest BCUT2D eigenvalue weighted by Crippen LogP contribution is -2.54. The molecule has 0 aromatic heterocycles. The molecule has 0 radical (unpaired) electrons. The number of carbonyl (C=O) groups is 2. The molecule has 1 aliphatic rings. The van der Waals surface area contributed by atoms with Crippen molar-refractivity contribution >= 4 is 20.4 Å². The lowest BCUT2D eigenvalue weighted by atomic mass is 9.93. The lowest BCUT2D eigenvalue weighted by molar-refractivity contribution is -0.173. The van der Waals surface area contributed by atoms with Crippen LogP contribution in [0.5, 0.6) is 0 Å². The SMILES string of the molecule is CC(C)(C)[Si](C)(C)OCCC[13C@H]1C(=O)O[C@H](c2ccccc2)[C@H](c2ccccc2)N1C(=O)OCc1ccccc1. The van der Waals surface area contributed by atoms with Crippen LogP contribution in [0.25, 0.3) is 0 Å². The summed E-state index contributed by atoms with van der Waals surface area (Å²) in [6.07, 6.45) is -0.170. The van der Waals surface area contributed by atoms with Gasteiger partial charge in [-0.25, -0.2) is 9.59 Å². The fraction of sp³-hybridized carbons (Fsp3) is 0.394. The Bertz CT molecular complexity index is 1240. The smallest absolute Gasteiger partial charge is 0.411 e. The molecule has 0 unspecified atom stereocenters. The van der Waals surface area contributed by atoms with E-state index in [0.29, 0.717) is 19.4 Å². The van der Waals surface area contributed by atoms with Crippen LogP contribution in [0.15, 0.2) is 91.0 Å². The van der Waals surface area contributed by atoms with Gasteiger partial charge < -0.3 is 13.9 Å². The minimum Gasteiger partial charge on any atom is -0.453 e. The molecule has 3 aromatic rings. The van der Waals surface area contributed by atoms with E-state index in [9.17, 15) is 9.59 Å². The summed E-state index contributed by atoms with van der Waals surface area (Å²) in [5.41, 5.74) is 2.58. The summed E-state index contributed by atoms with van der Waals surface area (Å²) in [5.74, 6) is -0.426. The molecule has 0 bridgehead atoms. The third-order valence-electron chi connectivity index (χ3n) is 8.01. The van der Waals surface area contributed by atoms with Gasteiger partial charge in [0.1, 0.15) is 18.7 Å². The summed E-state index contributed by atoms with van der Waals surface area (Å²) in [4.78, 5) is 29.1. The zero-order valence-electron chi connectivity index (χ0n) is 24.2. The van der Waals surface area contributed by atoms with E-state index in [4.69, 9.17) is 13.9 Å². The monoisotopic (exact) mass is 560 g/mol. The summed E-state index contributed by atoms with van der Waals surface area (Å²) in [5, 5.41) is 0.0886. The van der Waals surface area contributed by atoms with Crippen molar-refractivity contribution in [1.29, 1.82) is 0 Å². The molecule has 0 spiro atoms. The average molecular weight is 561 g/mol. The number of ether oxygens (including phenoxy) is 2. The highest BCUT2D eigenvalue weighted by Crippen LogP contribution is 2.43. The van der Waals surface area contributed by atoms with Gasteiger partial charge >= 0.3 is 12.1 Å². The molecule has 1 saturated heterocycles. The maximum Gasteiger partial charge on any atom is 0.411 e. The van der Waals surface area contributed by atoms with Gasteiger partial charge in [0.05, 0.1) is 0 Å². The molecule has 0 saturated carbocycles. The van der Waals surface area contributed by atoms with Crippen LogP contribution >= 0.6 is 0 Å². The first-order valence-corrected chi connectivity index (χ1v) is 16.9. The molecule has 212 valence electrons. The van der Waals surface area contributed by atoms with E-state index in [-0.39, 0.29) is 11.6 Å². The predicted octanol–water partition coefficient (Wildman–Crippen LogP) is 7.84. The van der Waals surface area contributed by atoms with Gasteiger partial charge in [-0.3, -0.25) is 4.90 Å². The van der Waals surface area contributed by atoms with Crippen molar-refractivity contribution in [2.75, 3.05) is 6.61 Å². The second-order valence-corrected chi connectivity index (χ2v) is 16.6. The summed E-state index contributed by atoms with van der Waals surface area (Å²) < 4.78 is 18.3. The van der Waals surface area contributed by atoms with Crippen molar-refractivity contribution in [3.63, 3.8) is 0 Å². The van der Waals surface area contributed by atoms with Crippen molar-refractivity contribution in [2.45, 2.75) is 76.5 Å². The standard InChI is InChI=1S/C33H41NO5Si/c1-33(2,3)40(4,5)38-23-15-22-28-31(35)39-30(27-20-13-8-14-21-27)29(26-18-11-7-12-19-26)34(28)32(36)37-24-25-16-9-6-10-17-25/h6-14,16-21,28-30H,15,22-24H2,1-5H3/t28-,29-,30+/m0/s1/i28+1. The topological polar surface area (TPSA) is 65.1 Å². The number of esters is 1. The molecule has 3 aromatic carbocycles. The Morgan fingerprint density at radius 2 is 1.43 bits per heavy atom. The minimum atomic E-state index is -1.94. The first-order valence-electron chi connectivity index (χ1n) is 14.0. The predicted molar refractivity (Wildman–Crippen MR) is 159 cm³/mol. The first-order chi connectivity index (χ1) is 19.1. The summed E-state index contributed by atoms with van der Waals surface area (Å²) in [7, 11) is -1.94. The quantitative estimate of drug-likeness (QED) is 0.115. The van der Waals surface area contributed by atoms with E-state index in [1.165, 1.54) is 0 Å². The van der Waals surface area contributed by atoms with Crippen LogP contribution < -0.4 is 0 Å². The van der Waals surface area contributed by atoms with Crippen LogP contribution in [0, 0.1) is 0 Å². The van der Waals surface area contributed by atoms with Crippen LogP contribution in [0.1, 0.15) is 62.4 Å². The van der Waals surface area contributed by atoms with E-state index < -0.39 is 38.6 Å². The highest BCUT2D eigenvalue weighted by Gasteiger charge is 2.48. The Labute approximate surface area is 239 Å². The van der Waals surface area contributed by atoms with Crippen molar-refractivity contribution < 1.29 is 23.5 Å². The fourth-order valence-electron chi connectivity index (χ4n) is 4.71. The number of benzene rings is 3. The number of hydrogen-bond acceptors (Lipinski definition) is 5. The van der Waals surface area contributed by atoms with E-state index in [2.05, 4.69) is 33.9 Å². The molecule has 3 atom stereocenters. The van der Waals surface area contributed by atoms with E-state index in [0.717, 1.165) is 16.7 Å². The van der Waals surface area contributed by atoms with Gasteiger partial charge in [-0.15, -0.1) is 0 Å². The number of carbonyl (C=O) groups excluding carboxylic acids is 2. The molecule has 6 nitrogen and oxygen atoms in total. The van der Waals surface area contributed by atoms with Crippen LogP contribution in [-0.2, 0) is 25.3 Å². The molecule has 0 aliphatic carbocycles. The van der Waals surface area contributed by atoms with E-state index in [1.807, 2.05) is 91.0 Å². The van der Waals surface area contributed by atoms with Crippen molar-refractivity contribution in [1.82, 2.24) is 4.90 Å². The van der Waals surface area contributed by atoms with Crippen molar-refractivity contribution in [3.05, 3.63) is 108 Å². The van der Waals surface area contributed by atoms with Gasteiger partial charge in [-0.1, -0.05) is 112 Å². The van der Waals surface area contributed by atoms with Crippen LogP contribution in [0.2, 0.25) is 18.1 Å². The minimum absolute atomic E-state index is 0.0886. The summed E-state index contributed by atoms with van der Waals surface area (Å²) in [6.45, 7) is 11.7. The largest absolute Gasteiger partial charge is 0.453 e. The molecule has 40 heavy (non-hydrogen) atoms. The molecule has 1 heterocycles. The average Bonchev–Trinajstić information content (AvgIpc) is 2.95. The van der Waals surface area contributed by atoms with Gasteiger partial charge in [-0.05, 0) is 47.7 Å². The third-order valence-corrected chi connectivity index (χ3v) is 12.6. The number of amides is 1. The number of rotatable bonds is 9. The maximum atomic E-state index is 13.9. The van der Waals surface area contributed by atoms with Gasteiger partial charge in [-0.2, -0.15) is 0 Å². The van der Waals surface area contributed by atoms with Gasteiger partial charge in [0.15, 0.2) is 14.4 Å². The Morgan fingerprint density at radius 3 is 2.00 bits per heavy atom. The van der Waals surface area contributed by atoms with Crippen molar-refractivity contribution in [2.24, 2.45) is 0 Å². The van der Waals surface area contributed by atoms with Gasteiger partial charge in [0, 0.05) is 6.61 Å². The number of hydrogen-bond donors (Lipinski definition) is 0. The van der Waals surface area contributed by atoms with Crippen LogP contribution in [-0.4, -0.2) is 37.9 Å². The number of morpholine rings is 1. The van der Waals surface area contributed by atoms with Gasteiger partial charge in [0.25, 0.3) is 0 Å². The molecule has 0 N–H and O–H groups in total. The number of nitrogens with zero attached hydrogens (tertiary/aromatic N) is 1. The number of cyclic esters (lactones) is 1. The van der Waals surface area contributed by atoms with E-state index in [1.54, 1.807) is 4.90 Å². The molecule has 7 heteroatoms. The molecule has 1 amide bonds. The molecule has 1 aliphatic heterocycles. The first kappa shape index (κ1) is 29.6. The Kier molecular flexibility index (Phi) is 9.48. The Balaban J connectivity index is 1.64. The second-order valence-electron chi connectivity index (χ2n) is 11.8.